The summed E-state index contributed by atoms with van der Waals surface area (Å²) in [6.45, 7) is 4.70. The molecular formula is C17H24N6O2. The number of carbonyl (C=O) groups excluding carboxylic acids is 1. The third-order valence-electron chi connectivity index (χ3n) is 4.92. The number of carbonyl (C=O) groups is 1. The molecule has 0 radical (unpaired) electrons. The SMILES string of the molecule is O=C(CCc1nnc2ccc(N3CCCCC3)nn12)N1CCOCC1. The van der Waals surface area contributed by atoms with E-state index in [1.165, 1.54) is 19.3 Å². The van der Waals surface area contributed by atoms with Crippen molar-refractivity contribution in [2.24, 2.45) is 0 Å². The van der Waals surface area contributed by atoms with Crippen molar-refractivity contribution in [3.05, 3.63) is 18.0 Å². The van der Waals surface area contributed by atoms with Gasteiger partial charge in [0.05, 0.1) is 13.2 Å². The standard InChI is InChI=1S/C17H24N6O2/c24-17(22-10-12-25-13-11-22)7-6-15-19-18-14-4-5-16(20-23(14)15)21-8-2-1-3-9-21/h4-5H,1-3,6-13H2. The Labute approximate surface area is 146 Å². The second-order valence-corrected chi connectivity index (χ2v) is 6.62. The predicted molar refractivity (Wildman–Crippen MR) is 92.6 cm³/mol. The van der Waals surface area contributed by atoms with Gasteiger partial charge < -0.3 is 14.5 Å². The Morgan fingerprint density at radius 3 is 2.64 bits per heavy atom. The molecule has 2 saturated heterocycles. The quantitative estimate of drug-likeness (QED) is 0.820. The van der Waals surface area contributed by atoms with E-state index in [1.807, 2.05) is 17.0 Å². The molecular weight excluding hydrogens is 320 g/mol. The Bertz CT molecular complexity index is 734. The smallest absolute Gasteiger partial charge is 0.223 e. The largest absolute Gasteiger partial charge is 0.378 e. The predicted octanol–water partition coefficient (Wildman–Crippen LogP) is 0.906. The lowest BCUT2D eigenvalue weighted by molar-refractivity contribution is -0.135. The molecule has 0 atom stereocenters. The van der Waals surface area contributed by atoms with Crippen LogP contribution in [0.4, 0.5) is 5.82 Å². The number of hydrogen-bond donors (Lipinski definition) is 0. The molecule has 1 amide bonds. The van der Waals surface area contributed by atoms with Crippen molar-refractivity contribution in [2.75, 3.05) is 44.3 Å². The molecule has 0 bridgehead atoms. The van der Waals surface area contributed by atoms with Gasteiger partial charge in [-0.1, -0.05) is 0 Å². The lowest BCUT2D eigenvalue weighted by Crippen LogP contribution is -2.40. The summed E-state index contributed by atoms with van der Waals surface area (Å²) in [4.78, 5) is 16.5. The Balaban J connectivity index is 1.46. The molecule has 2 fully saturated rings. The van der Waals surface area contributed by atoms with E-state index in [0.29, 0.717) is 39.1 Å². The van der Waals surface area contributed by atoms with Crippen molar-refractivity contribution >= 4 is 17.4 Å². The Hall–Kier alpha value is -2.22. The molecule has 0 aliphatic carbocycles. The Morgan fingerprint density at radius 2 is 1.84 bits per heavy atom. The highest BCUT2D eigenvalue weighted by molar-refractivity contribution is 5.76. The van der Waals surface area contributed by atoms with Crippen LogP contribution in [-0.4, -0.2) is 70.0 Å². The third-order valence-corrected chi connectivity index (χ3v) is 4.92. The number of morpholine rings is 1. The van der Waals surface area contributed by atoms with Gasteiger partial charge in [-0.2, -0.15) is 4.52 Å². The lowest BCUT2D eigenvalue weighted by atomic mass is 10.1. The van der Waals surface area contributed by atoms with Crippen LogP contribution in [0.25, 0.3) is 5.65 Å². The molecule has 2 aromatic rings. The van der Waals surface area contributed by atoms with Crippen LogP contribution in [0, 0.1) is 0 Å². The van der Waals surface area contributed by atoms with E-state index in [0.717, 1.165) is 30.4 Å². The van der Waals surface area contributed by atoms with Crippen molar-refractivity contribution in [3.63, 3.8) is 0 Å². The first-order valence-electron chi connectivity index (χ1n) is 9.13. The Kier molecular flexibility index (Phi) is 4.78. The van der Waals surface area contributed by atoms with Gasteiger partial charge in [-0.05, 0) is 31.4 Å². The van der Waals surface area contributed by atoms with Gasteiger partial charge in [0.25, 0.3) is 0 Å². The molecule has 0 unspecified atom stereocenters. The zero-order chi connectivity index (χ0) is 17.1. The first-order valence-corrected chi connectivity index (χ1v) is 9.13. The van der Waals surface area contributed by atoms with Crippen LogP contribution >= 0.6 is 0 Å². The number of aryl methyl sites for hydroxylation is 1. The fraction of sp³-hybridized carbons (Fsp3) is 0.647. The van der Waals surface area contributed by atoms with Crippen LogP contribution in [-0.2, 0) is 16.0 Å². The van der Waals surface area contributed by atoms with Gasteiger partial charge in [0, 0.05) is 39.0 Å². The fourth-order valence-electron chi connectivity index (χ4n) is 3.46. The maximum Gasteiger partial charge on any atom is 0.223 e. The molecule has 8 heteroatoms. The van der Waals surface area contributed by atoms with E-state index in [1.54, 1.807) is 4.52 Å². The second-order valence-electron chi connectivity index (χ2n) is 6.62. The number of hydrogen-bond acceptors (Lipinski definition) is 6. The summed E-state index contributed by atoms with van der Waals surface area (Å²) in [5.41, 5.74) is 0.731. The van der Waals surface area contributed by atoms with Crippen molar-refractivity contribution < 1.29 is 9.53 Å². The number of anilines is 1. The number of nitrogens with zero attached hydrogens (tertiary/aromatic N) is 6. The normalized spacial score (nSPS) is 18.7. The van der Waals surface area contributed by atoms with E-state index in [2.05, 4.69) is 15.1 Å². The van der Waals surface area contributed by atoms with E-state index in [4.69, 9.17) is 9.84 Å². The van der Waals surface area contributed by atoms with Crippen LogP contribution in [0.3, 0.4) is 0 Å². The number of ether oxygens (including phenoxy) is 1. The fourth-order valence-corrected chi connectivity index (χ4v) is 3.46. The molecule has 8 nitrogen and oxygen atoms in total. The summed E-state index contributed by atoms with van der Waals surface area (Å²) in [6, 6.07) is 3.97. The minimum atomic E-state index is 0.146. The maximum absolute atomic E-state index is 12.3. The van der Waals surface area contributed by atoms with Crippen LogP contribution in [0.1, 0.15) is 31.5 Å². The summed E-state index contributed by atoms with van der Waals surface area (Å²) in [6.07, 6.45) is 4.69. The zero-order valence-electron chi connectivity index (χ0n) is 14.4. The van der Waals surface area contributed by atoms with Crippen molar-refractivity contribution in [2.45, 2.75) is 32.1 Å². The number of piperidine rings is 1. The molecule has 0 aromatic carbocycles. The first kappa shape index (κ1) is 16.3. The van der Waals surface area contributed by atoms with Crippen LogP contribution in [0.15, 0.2) is 12.1 Å². The molecule has 2 aromatic heterocycles. The summed E-state index contributed by atoms with van der Waals surface area (Å²) in [7, 11) is 0. The van der Waals surface area contributed by atoms with E-state index in [-0.39, 0.29) is 5.91 Å². The first-order chi connectivity index (χ1) is 12.3. The monoisotopic (exact) mass is 344 g/mol. The molecule has 4 rings (SSSR count). The van der Waals surface area contributed by atoms with Gasteiger partial charge in [0.15, 0.2) is 11.5 Å². The van der Waals surface area contributed by atoms with Crippen LogP contribution in [0.5, 0.6) is 0 Å². The highest BCUT2D eigenvalue weighted by Gasteiger charge is 2.19. The number of fused-ring (bicyclic) bond motifs is 1. The molecule has 0 N–H and O–H groups in total. The second kappa shape index (κ2) is 7.35. The average molecular weight is 344 g/mol. The van der Waals surface area contributed by atoms with Crippen molar-refractivity contribution in [3.8, 4) is 0 Å². The van der Waals surface area contributed by atoms with Gasteiger partial charge in [0.2, 0.25) is 5.91 Å². The van der Waals surface area contributed by atoms with E-state index in [9.17, 15) is 4.79 Å². The highest BCUT2D eigenvalue weighted by Crippen LogP contribution is 2.18. The minimum absolute atomic E-state index is 0.146. The molecule has 4 heterocycles. The molecule has 0 saturated carbocycles. The topological polar surface area (TPSA) is 75.9 Å². The van der Waals surface area contributed by atoms with Crippen molar-refractivity contribution in [1.82, 2.24) is 24.7 Å². The molecule has 2 aliphatic rings. The van der Waals surface area contributed by atoms with Crippen molar-refractivity contribution in [1.29, 1.82) is 0 Å². The molecule has 134 valence electrons. The molecule has 2 aliphatic heterocycles. The number of rotatable bonds is 4. The lowest BCUT2D eigenvalue weighted by Gasteiger charge is -2.27. The van der Waals surface area contributed by atoms with Crippen LogP contribution < -0.4 is 4.90 Å². The highest BCUT2D eigenvalue weighted by atomic mass is 16.5. The Morgan fingerprint density at radius 1 is 1.04 bits per heavy atom. The summed E-state index contributed by atoms with van der Waals surface area (Å²) in [5.74, 6) is 1.86. The average Bonchev–Trinajstić information content (AvgIpc) is 3.10. The maximum atomic E-state index is 12.3. The minimum Gasteiger partial charge on any atom is -0.378 e. The summed E-state index contributed by atoms with van der Waals surface area (Å²) >= 11 is 0. The summed E-state index contributed by atoms with van der Waals surface area (Å²) < 4.78 is 7.08. The van der Waals surface area contributed by atoms with Gasteiger partial charge in [-0.15, -0.1) is 15.3 Å². The van der Waals surface area contributed by atoms with E-state index >= 15 is 0 Å². The molecule has 0 spiro atoms. The van der Waals surface area contributed by atoms with Gasteiger partial charge >= 0.3 is 0 Å². The van der Waals surface area contributed by atoms with Crippen LogP contribution in [0.2, 0.25) is 0 Å². The van der Waals surface area contributed by atoms with Gasteiger partial charge in [-0.3, -0.25) is 4.79 Å². The summed E-state index contributed by atoms with van der Waals surface area (Å²) in [5, 5.41) is 13.1. The number of aromatic nitrogens is 4. The zero-order valence-corrected chi connectivity index (χ0v) is 14.4. The molecule has 25 heavy (non-hydrogen) atoms. The number of amides is 1. The third kappa shape index (κ3) is 3.58. The van der Waals surface area contributed by atoms with Gasteiger partial charge in [-0.25, -0.2) is 0 Å². The van der Waals surface area contributed by atoms with E-state index < -0.39 is 0 Å². The van der Waals surface area contributed by atoms with Gasteiger partial charge in [0.1, 0.15) is 5.82 Å².